The van der Waals surface area contributed by atoms with Gasteiger partial charge < -0.3 is 26.0 Å². The van der Waals surface area contributed by atoms with Gasteiger partial charge in [-0.05, 0) is 71.6 Å². The highest BCUT2D eigenvalue weighted by Gasteiger charge is 2.28. The van der Waals surface area contributed by atoms with Crippen LogP contribution in [0.15, 0.2) is 36.4 Å². The van der Waals surface area contributed by atoms with Gasteiger partial charge in [-0.3, -0.25) is 4.79 Å². The Bertz CT molecular complexity index is 895. The fourth-order valence-corrected chi connectivity index (χ4v) is 4.58. The van der Waals surface area contributed by atoms with Gasteiger partial charge in [-0.2, -0.15) is 0 Å². The molecule has 2 aliphatic heterocycles. The molecular weight excluding hydrogens is 365 g/mol. The molecule has 7 heteroatoms. The Balaban J connectivity index is 1.49. The van der Waals surface area contributed by atoms with E-state index in [2.05, 4.69) is 23.5 Å². The van der Waals surface area contributed by atoms with Gasteiger partial charge in [0.05, 0.1) is 0 Å². The van der Waals surface area contributed by atoms with Gasteiger partial charge in [0.2, 0.25) is 0 Å². The van der Waals surface area contributed by atoms with E-state index in [1.54, 1.807) is 6.07 Å². The van der Waals surface area contributed by atoms with Crippen molar-refractivity contribution in [1.29, 1.82) is 0 Å². The van der Waals surface area contributed by atoms with E-state index >= 15 is 0 Å². The summed E-state index contributed by atoms with van der Waals surface area (Å²) in [6, 6.07) is 12.0. The third-order valence-corrected chi connectivity index (χ3v) is 6.21. The molecule has 6 nitrogen and oxygen atoms in total. The van der Waals surface area contributed by atoms with Crippen LogP contribution in [0.1, 0.15) is 51.4 Å². The zero-order valence-electron chi connectivity index (χ0n) is 16.6. The van der Waals surface area contributed by atoms with Crippen molar-refractivity contribution in [3.63, 3.8) is 0 Å². The average molecular weight is 393 g/mol. The van der Waals surface area contributed by atoms with Gasteiger partial charge >= 0.3 is 7.12 Å². The molecule has 1 fully saturated rings. The third-order valence-electron chi connectivity index (χ3n) is 6.21. The van der Waals surface area contributed by atoms with E-state index in [9.17, 15) is 14.8 Å². The lowest BCUT2D eigenvalue weighted by molar-refractivity contribution is 0.0713. The first-order valence-electron chi connectivity index (χ1n) is 10.4. The molecule has 29 heavy (non-hydrogen) atoms. The molecule has 0 radical (unpaired) electrons. The summed E-state index contributed by atoms with van der Waals surface area (Å²) < 4.78 is 0. The van der Waals surface area contributed by atoms with Gasteiger partial charge in [0, 0.05) is 31.7 Å². The highest BCUT2D eigenvalue weighted by molar-refractivity contribution is 6.59. The fourth-order valence-electron chi connectivity index (χ4n) is 4.58. The lowest BCUT2D eigenvalue weighted by atomic mass is 9.73. The van der Waals surface area contributed by atoms with Gasteiger partial charge in [0.1, 0.15) is 0 Å². The molecule has 4 rings (SSSR count). The standard InChI is InChI=1S/C22H28BN3O3/c24-13-15-2-1-3-17(10-15)16-5-8-26(9-6-16)22(27)18-11-19-14-25-7-4-20(19)21(12-18)23(28)29/h1-3,10-12,16,25,28-29H,4-9,13-14,24H2. The highest BCUT2D eigenvalue weighted by atomic mass is 16.4. The Morgan fingerprint density at radius 3 is 2.72 bits per heavy atom. The van der Waals surface area contributed by atoms with Crippen molar-refractivity contribution >= 4 is 18.5 Å². The van der Waals surface area contributed by atoms with Gasteiger partial charge in [-0.15, -0.1) is 0 Å². The summed E-state index contributed by atoms with van der Waals surface area (Å²) in [5.74, 6) is 0.405. The number of likely N-dealkylation sites (tertiary alicyclic amines) is 1. The van der Waals surface area contributed by atoms with Crippen molar-refractivity contribution < 1.29 is 14.8 Å². The quantitative estimate of drug-likeness (QED) is 0.567. The van der Waals surface area contributed by atoms with Crippen molar-refractivity contribution in [2.45, 2.75) is 38.3 Å². The van der Waals surface area contributed by atoms with E-state index in [0.717, 1.165) is 42.5 Å². The second-order valence-corrected chi connectivity index (χ2v) is 8.02. The highest BCUT2D eigenvalue weighted by Crippen LogP contribution is 2.29. The summed E-state index contributed by atoms with van der Waals surface area (Å²) in [7, 11) is -1.56. The first-order valence-corrected chi connectivity index (χ1v) is 10.4. The SMILES string of the molecule is NCc1cccc(C2CCN(C(=O)c3cc4c(c(B(O)O)c3)CCNC4)CC2)c1. The molecule has 0 aromatic heterocycles. The second-order valence-electron chi connectivity index (χ2n) is 8.02. The Morgan fingerprint density at radius 1 is 1.21 bits per heavy atom. The number of carbonyl (C=O) groups is 1. The Morgan fingerprint density at radius 2 is 2.00 bits per heavy atom. The lowest BCUT2D eigenvalue weighted by Gasteiger charge is -2.33. The van der Waals surface area contributed by atoms with E-state index in [1.165, 1.54) is 5.56 Å². The molecule has 152 valence electrons. The molecule has 1 saturated heterocycles. The molecule has 1 amide bonds. The first-order chi connectivity index (χ1) is 14.1. The van der Waals surface area contributed by atoms with Gasteiger partial charge in [0.15, 0.2) is 0 Å². The Labute approximate surface area is 171 Å². The van der Waals surface area contributed by atoms with Crippen LogP contribution in [0.4, 0.5) is 0 Å². The molecule has 0 spiro atoms. The third kappa shape index (κ3) is 4.23. The number of nitrogens with zero attached hydrogens (tertiary/aromatic N) is 1. The first kappa shape index (κ1) is 20.1. The maximum absolute atomic E-state index is 13.1. The van der Waals surface area contributed by atoms with Gasteiger partial charge in [0.25, 0.3) is 5.91 Å². The Kier molecular flexibility index (Phi) is 6.01. The van der Waals surface area contributed by atoms with E-state index in [4.69, 9.17) is 5.73 Å². The summed E-state index contributed by atoms with van der Waals surface area (Å²) in [5.41, 5.74) is 11.1. The molecule has 2 heterocycles. The number of piperidine rings is 1. The molecule has 2 aromatic carbocycles. The lowest BCUT2D eigenvalue weighted by Crippen LogP contribution is -2.41. The number of hydrogen-bond donors (Lipinski definition) is 4. The molecule has 0 aliphatic carbocycles. The zero-order chi connectivity index (χ0) is 20.4. The molecule has 2 aliphatic rings. The van der Waals surface area contributed by atoms with Crippen molar-refractivity contribution in [2.24, 2.45) is 5.73 Å². The summed E-state index contributed by atoms with van der Waals surface area (Å²) in [5, 5.41) is 22.9. The van der Waals surface area contributed by atoms with Crippen LogP contribution in [-0.2, 0) is 19.5 Å². The predicted octanol–water partition coefficient (Wildman–Crippen LogP) is 0.491. The predicted molar refractivity (Wildman–Crippen MR) is 114 cm³/mol. The molecule has 0 bridgehead atoms. The van der Waals surface area contributed by atoms with E-state index in [1.807, 2.05) is 17.0 Å². The topological polar surface area (TPSA) is 98.8 Å². The van der Waals surface area contributed by atoms with Crippen LogP contribution in [0.25, 0.3) is 0 Å². The van der Waals surface area contributed by atoms with Crippen LogP contribution in [-0.4, -0.2) is 47.6 Å². The summed E-state index contributed by atoms with van der Waals surface area (Å²) in [4.78, 5) is 15.0. The fraction of sp³-hybridized carbons (Fsp3) is 0.409. The maximum Gasteiger partial charge on any atom is 0.488 e. The number of rotatable bonds is 4. The normalized spacial score (nSPS) is 17.1. The van der Waals surface area contributed by atoms with Crippen LogP contribution < -0.4 is 16.5 Å². The Hall–Kier alpha value is -2.19. The van der Waals surface area contributed by atoms with Crippen LogP contribution in [0.5, 0.6) is 0 Å². The van der Waals surface area contributed by atoms with Crippen molar-refractivity contribution in [1.82, 2.24) is 10.2 Å². The van der Waals surface area contributed by atoms with Crippen LogP contribution in [0.2, 0.25) is 0 Å². The van der Waals surface area contributed by atoms with Crippen molar-refractivity contribution in [2.75, 3.05) is 19.6 Å². The zero-order valence-corrected chi connectivity index (χ0v) is 16.6. The number of carbonyl (C=O) groups excluding carboxylic acids is 1. The number of nitrogens with one attached hydrogen (secondary N) is 1. The summed E-state index contributed by atoms with van der Waals surface area (Å²) in [6.07, 6.45) is 2.58. The minimum Gasteiger partial charge on any atom is -0.423 e. The van der Waals surface area contributed by atoms with Crippen LogP contribution in [0, 0.1) is 0 Å². The van der Waals surface area contributed by atoms with Crippen molar-refractivity contribution in [3.8, 4) is 0 Å². The minimum atomic E-state index is -1.56. The van der Waals surface area contributed by atoms with E-state index in [0.29, 0.717) is 43.1 Å². The summed E-state index contributed by atoms with van der Waals surface area (Å²) >= 11 is 0. The number of fused-ring (bicyclic) bond motifs is 1. The average Bonchev–Trinajstić information content (AvgIpc) is 2.78. The smallest absolute Gasteiger partial charge is 0.423 e. The number of amides is 1. The van der Waals surface area contributed by atoms with Crippen molar-refractivity contribution in [3.05, 3.63) is 64.2 Å². The van der Waals surface area contributed by atoms with Crippen LogP contribution >= 0.6 is 0 Å². The number of nitrogens with two attached hydrogens (primary N) is 1. The van der Waals surface area contributed by atoms with E-state index in [-0.39, 0.29) is 5.91 Å². The molecular formula is C22H28BN3O3. The number of benzene rings is 2. The molecule has 0 unspecified atom stereocenters. The molecule has 0 saturated carbocycles. The summed E-state index contributed by atoms with van der Waals surface area (Å²) in [6.45, 7) is 3.39. The monoisotopic (exact) mass is 393 g/mol. The maximum atomic E-state index is 13.1. The molecule has 5 N–H and O–H groups in total. The van der Waals surface area contributed by atoms with E-state index < -0.39 is 7.12 Å². The minimum absolute atomic E-state index is 0.0329. The largest absolute Gasteiger partial charge is 0.488 e. The number of hydrogen-bond acceptors (Lipinski definition) is 5. The molecule has 0 atom stereocenters. The van der Waals surface area contributed by atoms with Gasteiger partial charge in [-0.1, -0.05) is 24.3 Å². The molecule has 2 aromatic rings. The van der Waals surface area contributed by atoms with Gasteiger partial charge in [-0.25, -0.2) is 0 Å². The second kappa shape index (κ2) is 8.67. The van der Waals surface area contributed by atoms with Crippen LogP contribution in [0.3, 0.4) is 0 Å².